The lowest BCUT2D eigenvalue weighted by atomic mass is 10.2. The Bertz CT molecular complexity index is 1070. The number of benzene rings is 1. The predicted molar refractivity (Wildman–Crippen MR) is 110 cm³/mol. The van der Waals surface area contributed by atoms with E-state index in [4.69, 9.17) is 21.1 Å². The Morgan fingerprint density at radius 1 is 1.29 bits per heavy atom. The third-order valence-corrected chi connectivity index (χ3v) is 5.91. The molecule has 0 aliphatic heterocycles. The number of hydrogen-bond donors (Lipinski definition) is 1. The molecule has 0 bridgehead atoms. The summed E-state index contributed by atoms with van der Waals surface area (Å²) in [5.74, 6) is 0.698. The second-order valence-corrected chi connectivity index (χ2v) is 8.11. The minimum Gasteiger partial charge on any atom is -0.494 e. The number of nitrogens with zero attached hydrogens (tertiary/aromatic N) is 1. The Hall–Kier alpha value is -2.38. The van der Waals surface area contributed by atoms with E-state index in [2.05, 4.69) is 9.97 Å². The molecule has 0 saturated heterocycles. The van der Waals surface area contributed by atoms with Crippen LogP contribution in [0.2, 0.25) is 5.02 Å². The summed E-state index contributed by atoms with van der Waals surface area (Å²) in [6, 6.07) is 5.42. The highest BCUT2D eigenvalue weighted by Gasteiger charge is 2.13. The summed E-state index contributed by atoms with van der Waals surface area (Å²) in [5, 5.41) is 1.29. The monoisotopic (exact) mass is 420 g/mol. The van der Waals surface area contributed by atoms with E-state index < -0.39 is 0 Å². The van der Waals surface area contributed by atoms with Crippen LogP contribution in [0.4, 0.5) is 0 Å². The Morgan fingerprint density at radius 2 is 2.07 bits per heavy atom. The molecule has 0 unspecified atom stereocenters. The van der Waals surface area contributed by atoms with E-state index in [0.29, 0.717) is 39.8 Å². The van der Waals surface area contributed by atoms with Gasteiger partial charge < -0.3 is 14.5 Å². The average molecular weight is 421 g/mol. The fourth-order valence-corrected chi connectivity index (χ4v) is 3.87. The number of carbonyl (C=O) groups excluding carboxylic acids is 1. The average Bonchev–Trinajstić information content (AvgIpc) is 2.94. The summed E-state index contributed by atoms with van der Waals surface area (Å²) in [6.45, 7) is 6.09. The van der Waals surface area contributed by atoms with Gasteiger partial charge in [-0.05, 0) is 56.5 Å². The summed E-state index contributed by atoms with van der Waals surface area (Å²) >= 11 is 7.44. The predicted octanol–water partition coefficient (Wildman–Crippen LogP) is 4.47. The maximum absolute atomic E-state index is 12.2. The van der Waals surface area contributed by atoms with Crippen LogP contribution in [0.25, 0.3) is 10.2 Å². The van der Waals surface area contributed by atoms with Crippen LogP contribution in [0.1, 0.15) is 34.7 Å². The summed E-state index contributed by atoms with van der Waals surface area (Å²) in [7, 11) is 0. The first-order valence-corrected chi connectivity index (χ1v) is 10.1. The quantitative estimate of drug-likeness (QED) is 0.450. The number of rotatable bonds is 7. The highest BCUT2D eigenvalue weighted by Crippen LogP contribution is 2.25. The Labute approximate surface area is 171 Å². The molecule has 3 aromatic rings. The van der Waals surface area contributed by atoms with Crippen LogP contribution in [0, 0.1) is 20.8 Å². The lowest BCUT2D eigenvalue weighted by molar-refractivity contribution is -0.145. The SMILES string of the molecule is Cc1cc(OCCCC(=O)OCc2nc3sc(C)c(C)c3c(=O)[nH]2)ccc1Cl. The molecule has 0 aliphatic carbocycles. The molecular formula is C20H21ClN2O4S. The summed E-state index contributed by atoms with van der Waals surface area (Å²) in [4.78, 5) is 32.9. The number of aromatic nitrogens is 2. The van der Waals surface area contributed by atoms with E-state index in [1.54, 1.807) is 12.1 Å². The van der Waals surface area contributed by atoms with Gasteiger partial charge >= 0.3 is 5.97 Å². The van der Waals surface area contributed by atoms with E-state index in [1.165, 1.54) is 11.3 Å². The van der Waals surface area contributed by atoms with Gasteiger partial charge in [-0.2, -0.15) is 0 Å². The van der Waals surface area contributed by atoms with Crippen LogP contribution in [0.5, 0.6) is 5.75 Å². The number of carbonyl (C=O) groups is 1. The largest absolute Gasteiger partial charge is 0.494 e. The third kappa shape index (κ3) is 4.72. The molecule has 0 saturated carbocycles. The van der Waals surface area contributed by atoms with Gasteiger partial charge in [0, 0.05) is 16.3 Å². The zero-order chi connectivity index (χ0) is 20.3. The van der Waals surface area contributed by atoms with E-state index in [1.807, 2.05) is 26.8 Å². The van der Waals surface area contributed by atoms with Crippen LogP contribution in [-0.2, 0) is 16.1 Å². The number of esters is 1. The normalized spacial score (nSPS) is 11.0. The second kappa shape index (κ2) is 8.75. The van der Waals surface area contributed by atoms with Crippen LogP contribution >= 0.6 is 22.9 Å². The molecule has 0 fully saturated rings. The second-order valence-electron chi connectivity index (χ2n) is 6.50. The highest BCUT2D eigenvalue weighted by atomic mass is 35.5. The number of halogens is 1. The van der Waals surface area contributed by atoms with Crippen LogP contribution < -0.4 is 10.3 Å². The number of ether oxygens (including phenoxy) is 2. The van der Waals surface area contributed by atoms with Crippen molar-refractivity contribution in [2.45, 2.75) is 40.2 Å². The number of hydrogen-bond acceptors (Lipinski definition) is 6. The van der Waals surface area contributed by atoms with Gasteiger partial charge in [-0.1, -0.05) is 11.6 Å². The molecule has 0 spiro atoms. The number of aromatic amines is 1. The Kier molecular flexibility index (Phi) is 6.36. The van der Waals surface area contributed by atoms with Gasteiger partial charge in [-0.15, -0.1) is 11.3 Å². The van der Waals surface area contributed by atoms with E-state index >= 15 is 0 Å². The van der Waals surface area contributed by atoms with Crippen LogP contribution in [0.3, 0.4) is 0 Å². The van der Waals surface area contributed by atoms with Gasteiger partial charge in [-0.25, -0.2) is 4.98 Å². The fraction of sp³-hybridized carbons (Fsp3) is 0.350. The van der Waals surface area contributed by atoms with E-state index in [0.717, 1.165) is 16.0 Å². The smallest absolute Gasteiger partial charge is 0.306 e. The highest BCUT2D eigenvalue weighted by molar-refractivity contribution is 7.18. The molecule has 1 N–H and O–H groups in total. The van der Waals surface area contributed by atoms with Gasteiger partial charge in [0.2, 0.25) is 0 Å². The van der Waals surface area contributed by atoms with Crippen molar-refractivity contribution in [3.8, 4) is 5.75 Å². The fourth-order valence-electron chi connectivity index (χ4n) is 2.70. The topological polar surface area (TPSA) is 81.3 Å². The lowest BCUT2D eigenvalue weighted by Crippen LogP contribution is -2.14. The van der Waals surface area contributed by atoms with Crippen molar-refractivity contribution in [3.05, 3.63) is 55.4 Å². The first-order valence-electron chi connectivity index (χ1n) is 8.88. The van der Waals surface area contributed by atoms with Gasteiger partial charge in [0.25, 0.3) is 5.56 Å². The number of thiophene rings is 1. The van der Waals surface area contributed by atoms with Crippen molar-refractivity contribution in [1.29, 1.82) is 0 Å². The molecule has 3 rings (SSSR count). The molecule has 0 radical (unpaired) electrons. The molecule has 6 nitrogen and oxygen atoms in total. The summed E-state index contributed by atoms with van der Waals surface area (Å²) in [6.07, 6.45) is 0.739. The summed E-state index contributed by atoms with van der Waals surface area (Å²) in [5.41, 5.74) is 1.67. The van der Waals surface area contributed by atoms with Crippen molar-refractivity contribution >= 4 is 39.1 Å². The minimum atomic E-state index is -0.364. The number of nitrogens with one attached hydrogen (secondary N) is 1. The Balaban J connectivity index is 1.47. The maximum Gasteiger partial charge on any atom is 0.306 e. The van der Waals surface area contributed by atoms with Gasteiger partial charge in [-0.3, -0.25) is 9.59 Å². The van der Waals surface area contributed by atoms with Crippen molar-refractivity contribution in [3.63, 3.8) is 0 Å². The first-order chi connectivity index (χ1) is 13.3. The molecule has 28 heavy (non-hydrogen) atoms. The molecular weight excluding hydrogens is 400 g/mol. The number of fused-ring (bicyclic) bond motifs is 1. The van der Waals surface area contributed by atoms with Crippen LogP contribution in [0.15, 0.2) is 23.0 Å². The summed E-state index contributed by atoms with van der Waals surface area (Å²) < 4.78 is 10.8. The van der Waals surface area contributed by atoms with Crippen molar-refractivity contribution < 1.29 is 14.3 Å². The maximum atomic E-state index is 12.2. The Morgan fingerprint density at radius 3 is 2.82 bits per heavy atom. The number of H-pyrrole nitrogens is 1. The molecule has 0 aliphatic rings. The third-order valence-electron chi connectivity index (χ3n) is 4.38. The molecule has 0 atom stereocenters. The number of aryl methyl sites for hydroxylation is 3. The van der Waals surface area contributed by atoms with Crippen molar-refractivity contribution in [2.75, 3.05) is 6.61 Å². The molecule has 2 aromatic heterocycles. The standard InChI is InChI=1S/C20H21ClN2O4S/c1-11-9-14(6-7-15(11)21)26-8-4-5-17(24)27-10-16-22-19(25)18-12(2)13(3)28-20(18)23-16/h6-7,9H,4-5,8,10H2,1-3H3,(H,22,23,25). The van der Waals surface area contributed by atoms with Gasteiger partial charge in [0.05, 0.1) is 12.0 Å². The first kappa shape index (κ1) is 20.4. The zero-order valence-electron chi connectivity index (χ0n) is 15.9. The van der Waals surface area contributed by atoms with Crippen molar-refractivity contribution in [1.82, 2.24) is 9.97 Å². The molecule has 2 heterocycles. The van der Waals surface area contributed by atoms with Gasteiger partial charge in [0.15, 0.2) is 0 Å². The zero-order valence-corrected chi connectivity index (χ0v) is 17.5. The van der Waals surface area contributed by atoms with Gasteiger partial charge in [0.1, 0.15) is 23.0 Å². The molecule has 1 aromatic carbocycles. The minimum absolute atomic E-state index is 0.0583. The lowest BCUT2D eigenvalue weighted by Gasteiger charge is -2.08. The van der Waals surface area contributed by atoms with E-state index in [-0.39, 0.29) is 24.6 Å². The molecule has 0 amide bonds. The van der Waals surface area contributed by atoms with E-state index in [9.17, 15) is 9.59 Å². The van der Waals surface area contributed by atoms with Crippen molar-refractivity contribution in [2.24, 2.45) is 0 Å². The molecule has 148 valence electrons. The molecule has 8 heteroatoms. The van der Waals surface area contributed by atoms with Crippen LogP contribution in [-0.4, -0.2) is 22.5 Å².